The molecule has 30 heavy (non-hydrogen) atoms. The summed E-state index contributed by atoms with van der Waals surface area (Å²) in [5.74, 6) is 0.193. The molecule has 0 fully saturated rings. The van der Waals surface area contributed by atoms with Gasteiger partial charge in [0.2, 0.25) is 5.95 Å². The van der Waals surface area contributed by atoms with Crippen LogP contribution >= 0.6 is 0 Å². The molecule has 0 atom stereocenters. The number of fused-ring (bicyclic) bond motifs is 2. The Kier molecular flexibility index (Phi) is 3.78. The summed E-state index contributed by atoms with van der Waals surface area (Å²) in [4.78, 5) is 37.1. The van der Waals surface area contributed by atoms with Crippen LogP contribution in [0.15, 0.2) is 41.5 Å². The van der Waals surface area contributed by atoms with Crippen LogP contribution in [0.5, 0.6) is 0 Å². The molecule has 0 saturated heterocycles. The van der Waals surface area contributed by atoms with Crippen LogP contribution in [0.2, 0.25) is 0 Å². The van der Waals surface area contributed by atoms with Crippen LogP contribution in [0, 0.1) is 13.8 Å². The lowest BCUT2D eigenvalue weighted by Crippen LogP contribution is -2.20. The first-order valence-electron chi connectivity index (χ1n) is 9.16. The zero-order valence-corrected chi connectivity index (χ0v) is 16.4. The van der Waals surface area contributed by atoms with Crippen molar-refractivity contribution in [2.24, 2.45) is 7.05 Å². The highest BCUT2D eigenvalue weighted by atomic mass is 16.2. The maximum Gasteiger partial charge on any atom is 0.275 e. The lowest BCUT2D eigenvalue weighted by molar-refractivity contribution is 0.102. The topological polar surface area (TPSA) is 128 Å². The van der Waals surface area contributed by atoms with Gasteiger partial charge in [-0.25, -0.2) is 4.98 Å². The summed E-state index contributed by atoms with van der Waals surface area (Å²) in [5, 5.41) is 11.7. The molecule has 0 aliphatic rings. The zero-order chi connectivity index (χ0) is 21.0. The van der Waals surface area contributed by atoms with Crippen molar-refractivity contribution in [2.45, 2.75) is 13.8 Å². The lowest BCUT2D eigenvalue weighted by atomic mass is 10.3. The number of carbonyl (C=O) groups is 1. The van der Waals surface area contributed by atoms with E-state index >= 15 is 0 Å². The number of aromatic nitrogens is 8. The molecular formula is C19H17N9O2. The molecule has 5 heterocycles. The maximum absolute atomic E-state index is 13.1. The van der Waals surface area contributed by atoms with Gasteiger partial charge in [0.1, 0.15) is 22.5 Å². The van der Waals surface area contributed by atoms with E-state index in [9.17, 15) is 9.59 Å². The first-order valence-corrected chi connectivity index (χ1v) is 9.16. The third-order valence-corrected chi connectivity index (χ3v) is 4.78. The van der Waals surface area contributed by atoms with Crippen LogP contribution in [0.4, 0.5) is 5.82 Å². The number of nitrogens with one attached hydrogen (secondary N) is 2. The van der Waals surface area contributed by atoms with Crippen LogP contribution in [0.25, 0.3) is 22.6 Å². The Labute approximate surface area is 169 Å². The van der Waals surface area contributed by atoms with Gasteiger partial charge in [-0.1, -0.05) is 6.07 Å². The fraction of sp³-hybridized carbons (Fsp3) is 0.158. The van der Waals surface area contributed by atoms with Crippen LogP contribution in [-0.4, -0.2) is 44.8 Å². The number of nitrogens with zero attached hydrogens (tertiary/aromatic N) is 7. The van der Waals surface area contributed by atoms with E-state index < -0.39 is 0 Å². The van der Waals surface area contributed by atoms with Crippen molar-refractivity contribution in [1.29, 1.82) is 0 Å². The Morgan fingerprint density at radius 3 is 2.87 bits per heavy atom. The predicted octanol–water partition coefficient (Wildman–Crippen LogP) is 1.36. The Bertz CT molecular complexity index is 1500. The number of pyridine rings is 1. The summed E-state index contributed by atoms with van der Waals surface area (Å²) in [6.45, 7) is 3.56. The number of carbonyl (C=O) groups excluding carboxylic acids is 1. The number of rotatable bonds is 3. The number of imidazole rings is 1. The van der Waals surface area contributed by atoms with Gasteiger partial charge in [0.15, 0.2) is 5.65 Å². The van der Waals surface area contributed by atoms with Crippen LogP contribution in [0.3, 0.4) is 0 Å². The van der Waals surface area contributed by atoms with Crippen LogP contribution < -0.4 is 10.9 Å². The fourth-order valence-corrected chi connectivity index (χ4v) is 3.43. The maximum atomic E-state index is 13.1. The second-order valence-corrected chi connectivity index (χ2v) is 6.91. The third-order valence-electron chi connectivity index (χ3n) is 4.78. The molecule has 11 nitrogen and oxygen atoms in total. The monoisotopic (exact) mass is 403 g/mol. The van der Waals surface area contributed by atoms with E-state index in [1.807, 2.05) is 18.2 Å². The number of aryl methyl sites for hydroxylation is 3. The minimum Gasteiger partial charge on any atom is -0.305 e. The molecule has 0 aliphatic heterocycles. The molecule has 0 aromatic carbocycles. The molecule has 0 bridgehead atoms. The summed E-state index contributed by atoms with van der Waals surface area (Å²) in [6, 6.07) is 7.22. The number of amides is 1. The van der Waals surface area contributed by atoms with Gasteiger partial charge in [-0.05, 0) is 26.0 Å². The van der Waals surface area contributed by atoms with Gasteiger partial charge in [0.05, 0.1) is 17.6 Å². The van der Waals surface area contributed by atoms with E-state index in [1.54, 1.807) is 37.6 Å². The van der Waals surface area contributed by atoms with Crippen molar-refractivity contribution in [3.05, 3.63) is 64.1 Å². The number of aromatic amines is 1. The molecule has 1 amide bonds. The van der Waals surface area contributed by atoms with Crippen LogP contribution in [0.1, 0.15) is 21.9 Å². The van der Waals surface area contributed by atoms with E-state index in [0.717, 1.165) is 0 Å². The van der Waals surface area contributed by atoms with Crippen molar-refractivity contribution >= 4 is 28.4 Å². The highest BCUT2D eigenvalue weighted by Gasteiger charge is 2.20. The lowest BCUT2D eigenvalue weighted by Gasteiger charge is -2.09. The molecule has 0 aliphatic carbocycles. The molecule has 0 spiro atoms. The summed E-state index contributed by atoms with van der Waals surface area (Å²) in [5.41, 5.74) is 2.41. The SMILES string of the molecule is Cc1cc(NC(=O)c2c(C)nc3ccccn23)n(-c2nc3c(cnn3C)c(=O)[nH]2)n1. The Morgan fingerprint density at radius 2 is 2.03 bits per heavy atom. The summed E-state index contributed by atoms with van der Waals surface area (Å²) < 4.78 is 4.62. The molecule has 5 aromatic rings. The highest BCUT2D eigenvalue weighted by molar-refractivity contribution is 6.04. The summed E-state index contributed by atoms with van der Waals surface area (Å²) in [6.07, 6.45) is 3.23. The van der Waals surface area contributed by atoms with Gasteiger partial charge >= 0.3 is 0 Å². The van der Waals surface area contributed by atoms with E-state index in [0.29, 0.717) is 39.6 Å². The second kappa shape index (κ2) is 6.37. The second-order valence-electron chi connectivity index (χ2n) is 6.91. The molecule has 0 saturated carbocycles. The number of anilines is 1. The molecule has 0 unspecified atom stereocenters. The van der Waals surface area contributed by atoms with Crippen molar-refractivity contribution < 1.29 is 4.79 Å². The standard InChI is InChI=1S/C19H17N9O2/c1-10-8-14(22-18(30)15-11(2)21-13-6-4-5-7-27(13)15)28(25-10)19-23-16-12(17(29)24-19)9-20-26(16)3/h4-9H,1-3H3,(H,22,30)(H,23,24,29). The molecule has 11 heteroatoms. The quantitative estimate of drug-likeness (QED) is 0.468. The van der Waals surface area contributed by atoms with Crippen molar-refractivity contribution in [3.8, 4) is 5.95 Å². The van der Waals surface area contributed by atoms with E-state index in [-0.39, 0.29) is 17.4 Å². The number of H-pyrrole nitrogens is 1. The molecular weight excluding hydrogens is 386 g/mol. The average molecular weight is 403 g/mol. The van der Waals surface area contributed by atoms with Crippen molar-refractivity contribution in [3.63, 3.8) is 0 Å². The van der Waals surface area contributed by atoms with Gasteiger partial charge in [-0.15, -0.1) is 0 Å². The predicted molar refractivity (Wildman–Crippen MR) is 109 cm³/mol. The minimum atomic E-state index is -0.351. The summed E-state index contributed by atoms with van der Waals surface area (Å²) >= 11 is 0. The molecule has 150 valence electrons. The first-order chi connectivity index (χ1) is 14.4. The smallest absolute Gasteiger partial charge is 0.275 e. The Hall–Kier alpha value is -4.28. The van der Waals surface area contributed by atoms with Gasteiger partial charge in [-0.2, -0.15) is 19.9 Å². The van der Waals surface area contributed by atoms with Crippen LogP contribution in [-0.2, 0) is 7.05 Å². The molecule has 2 N–H and O–H groups in total. The summed E-state index contributed by atoms with van der Waals surface area (Å²) in [7, 11) is 1.70. The van der Waals surface area contributed by atoms with E-state index in [1.165, 1.54) is 15.6 Å². The largest absolute Gasteiger partial charge is 0.305 e. The van der Waals surface area contributed by atoms with Gasteiger partial charge in [0.25, 0.3) is 11.5 Å². The normalized spacial score (nSPS) is 11.4. The van der Waals surface area contributed by atoms with Gasteiger partial charge < -0.3 is 5.32 Å². The number of hydrogen-bond donors (Lipinski definition) is 2. The fourth-order valence-electron chi connectivity index (χ4n) is 3.43. The Morgan fingerprint density at radius 1 is 1.20 bits per heavy atom. The third kappa shape index (κ3) is 2.67. The minimum absolute atomic E-state index is 0.175. The molecule has 5 rings (SSSR count). The van der Waals surface area contributed by atoms with Gasteiger partial charge in [0, 0.05) is 19.3 Å². The highest BCUT2D eigenvalue weighted by Crippen LogP contribution is 2.18. The zero-order valence-electron chi connectivity index (χ0n) is 16.4. The van der Waals surface area contributed by atoms with E-state index in [4.69, 9.17) is 0 Å². The van der Waals surface area contributed by atoms with Crippen molar-refractivity contribution in [2.75, 3.05) is 5.32 Å². The van der Waals surface area contributed by atoms with Gasteiger partial charge in [-0.3, -0.25) is 23.7 Å². The molecule has 5 aromatic heterocycles. The van der Waals surface area contributed by atoms with Crippen molar-refractivity contribution in [1.82, 2.24) is 38.9 Å². The van der Waals surface area contributed by atoms with E-state index in [2.05, 4.69) is 30.5 Å². The average Bonchev–Trinajstić information content (AvgIpc) is 3.36. The number of hydrogen-bond acceptors (Lipinski definition) is 6. The molecule has 0 radical (unpaired) electrons. The first kappa shape index (κ1) is 17.8. The Balaban J connectivity index is 1.59.